The SMILES string of the molecule is C[C@@H]1CN(c2ccccc2)CCN1C(=O)c1ccc(=O)n(-c2ccc(F)cc2)n1. The first-order chi connectivity index (χ1) is 14.0. The van der Waals surface area contributed by atoms with Crippen molar-refractivity contribution in [3.05, 3.63) is 88.6 Å². The summed E-state index contributed by atoms with van der Waals surface area (Å²) < 4.78 is 14.3. The minimum Gasteiger partial charge on any atom is -0.368 e. The van der Waals surface area contributed by atoms with Gasteiger partial charge < -0.3 is 9.80 Å². The number of rotatable bonds is 3. The quantitative estimate of drug-likeness (QED) is 0.688. The minimum atomic E-state index is -0.404. The van der Waals surface area contributed by atoms with Crippen molar-refractivity contribution in [3.63, 3.8) is 0 Å². The maximum Gasteiger partial charge on any atom is 0.274 e. The summed E-state index contributed by atoms with van der Waals surface area (Å²) in [7, 11) is 0. The molecule has 0 saturated carbocycles. The summed E-state index contributed by atoms with van der Waals surface area (Å²) in [4.78, 5) is 29.3. The van der Waals surface area contributed by atoms with Crippen LogP contribution in [-0.4, -0.2) is 46.3 Å². The minimum absolute atomic E-state index is 0.00976. The van der Waals surface area contributed by atoms with Crippen molar-refractivity contribution < 1.29 is 9.18 Å². The first-order valence-corrected chi connectivity index (χ1v) is 9.50. The van der Waals surface area contributed by atoms with Crippen molar-refractivity contribution >= 4 is 11.6 Å². The summed E-state index contributed by atoms with van der Waals surface area (Å²) in [6.45, 7) is 4.00. The number of piperazine rings is 1. The van der Waals surface area contributed by atoms with Gasteiger partial charge in [0.1, 0.15) is 11.5 Å². The Hall–Kier alpha value is -3.48. The number of para-hydroxylation sites is 1. The molecule has 3 aromatic rings. The molecule has 0 spiro atoms. The third-order valence-electron chi connectivity index (χ3n) is 5.10. The van der Waals surface area contributed by atoms with Gasteiger partial charge in [-0.25, -0.2) is 4.39 Å². The molecular formula is C22H21FN4O2. The van der Waals surface area contributed by atoms with Gasteiger partial charge in [0.2, 0.25) is 0 Å². The Bertz CT molecular complexity index is 1070. The average Bonchev–Trinajstić information content (AvgIpc) is 2.75. The summed E-state index contributed by atoms with van der Waals surface area (Å²) in [5, 5.41) is 4.24. The normalized spacial score (nSPS) is 16.7. The number of carbonyl (C=O) groups is 1. The summed E-state index contributed by atoms with van der Waals surface area (Å²) in [6.07, 6.45) is 0. The number of halogens is 1. The van der Waals surface area contributed by atoms with E-state index in [1.54, 1.807) is 4.90 Å². The van der Waals surface area contributed by atoms with Crippen LogP contribution in [0.15, 0.2) is 71.5 Å². The summed E-state index contributed by atoms with van der Waals surface area (Å²) in [5.74, 6) is -0.625. The van der Waals surface area contributed by atoms with Crippen LogP contribution in [0.25, 0.3) is 5.69 Å². The first kappa shape index (κ1) is 18.9. The molecule has 0 radical (unpaired) electrons. The molecule has 1 aliphatic heterocycles. The van der Waals surface area contributed by atoms with Crippen LogP contribution >= 0.6 is 0 Å². The van der Waals surface area contributed by atoms with E-state index >= 15 is 0 Å². The molecule has 0 unspecified atom stereocenters. The van der Waals surface area contributed by atoms with E-state index in [0.717, 1.165) is 16.9 Å². The maximum atomic E-state index is 13.2. The van der Waals surface area contributed by atoms with Gasteiger partial charge in [0.25, 0.3) is 11.5 Å². The molecular weight excluding hydrogens is 371 g/mol. The standard InChI is InChI=1S/C22H21FN4O2/c1-16-15-25(18-5-3-2-4-6-18)13-14-26(16)22(29)20-11-12-21(28)27(24-20)19-9-7-17(23)8-10-19/h2-12,16H,13-15H2,1H3/t16-/m1/s1. The van der Waals surface area contributed by atoms with Crippen molar-refractivity contribution in [2.45, 2.75) is 13.0 Å². The van der Waals surface area contributed by atoms with Crippen LogP contribution in [0, 0.1) is 5.82 Å². The number of amides is 1. The van der Waals surface area contributed by atoms with Crippen LogP contribution < -0.4 is 10.5 Å². The van der Waals surface area contributed by atoms with Gasteiger partial charge in [-0.15, -0.1) is 0 Å². The zero-order valence-corrected chi connectivity index (χ0v) is 16.0. The van der Waals surface area contributed by atoms with Crippen molar-refractivity contribution in [2.75, 3.05) is 24.5 Å². The average molecular weight is 392 g/mol. The fraction of sp³-hybridized carbons (Fsp3) is 0.227. The molecule has 4 rings (SSSR count). The summed E-state index contributed by atoms with van der Waals surface area (Å²) in [6, 6.07) is 18.3. The van der Waals surface area contributed by atoms with Crippen molar-refractivity contribution in [1.29, 1.82) is 0 Å². The number of carbonyl (C=O) groups excluding carboxylic acids is 1. The van der Waals surface area contributed by atoms with Crippen LogP contribution in [0.3, 0.4) is 0 Å². The Morgan fingerprint density at radius 2 is 1.69 bits per heavy atom. The second kappa shape index (κ2) is 7.87. The van der Waals surface area contributed by atoms with Gasteiger partial charge in [-0.2, -0.15) is 9.78 Å². The highest BCUT2D eigenvalue weighted by Gasteiger charge is 2.29. The number of benzene rings is 2. The molecule has 2 aromatic carbocycles. The molecule has 6 nitrogen and oxygen atoms in total. The number of hydrogen-bond acceptors (Lipinski definition) is 4. The third-order valence-corrected chi connectivity index (χ3v) is 5.10. The zero-order chi connectivity index (χ0) is 20.4. The van der Waals surface area contributed by atoms with E-state index in [1.807, 2.05) is 25.1 Å². The van der Waals surface area contributed by atoms with Crippen LogP contribution in [0.2, 0.25) is 0 Å². The lowest BCUT2D eigenvalue weighted by molar-refractivity contribution is 0.0666. The van der Waals surface area contributed by atoms with Gasteiger partial charge in [-0.05, 0) is 49.4 Å². The van der Waals surface area contributed by atoms with E-state index in [-0.39, 0.29) is 23.2 Å². The molecule has 1 aliphatic rings. The molecule has 1 atom stereocenters. The van der Waals surface area contributed by atoms with Crippen molar-refractivity contribution in [3.8, 4) is 5.69 Å². The molecule has 148 valence electrons. The van der Waals surface area contributed by atoms with E-state index in [2.05, 4.69) is 22.1 Å². The maximum absolute atomic E-state index is 13.2. The topological polar surface area (TPSA) is 58.4 Å². The monoisotopic (exact) mass is 392 g/mol. The number of hydrogen-bond donors (Lipinski definition) is 0. The Kier molecular flexibility index (Phi) is 5.12. The molecule has 29 heavy (non-hydrogen) atoms. The smallest absolute Gasteiger partial charge is 0.274 e. The molecule has 7 heteroatoms. The van der Waals surface area contributed by atoms with Gasteiger partial charge in [0.15, 0.2) is 0 Å². The molecule has 0 bridgehead atoms. The number of nitrogens with zero attached hydrogens (tertiary/aromatic N) is 4. The van der Waals surface area contributed by atoms with Gasteiger partial charge in [-0.3, -0.25) is 9.59 Å². The Balaban J connectivity index is 1.55. The lowest BCUT2D eigenvalue weighted by Gasteiger charge is -2.40. The lowest BCUT2D eigenvalue weighted by Crippen LogP contribution is -2.54. The van der Waals surface area contributed by atoms with Gasteiger partial charge in [0.05, 0.1) is 5.69 Å². The number of aromatic nitrogens is 2. The van der Waals surface area contributed by atoms with Gasteiger partial charge >= 0.3 is 0 Å². The number of anilines is 1. The summed E-state index contributed by atoms with van der Waals surface area (Å²) >= 11 is 0. The molecule has 2 heterocycles. The second-order valence-corrected chi connectivity index (χ2v) is 7.07. The molecule has 0 aliphatic carbocycles. The third kappa shape index (κ3) is 3.89. The van der Waals surface area contributed by atoms with Gasteiger partial charge in [0, 0.05) is 37.4 Å². The predicted octanol–water partition coefficient (Wildman–Crippen LogP) is 2.72. The predicted molar refractivity (Wildman–Crippen MR) is 109 cm³/mol. The Morgan fingerprint density at radius 1 is 0.966 bits per heavy atom. The van der Waals surface area contributed by atoms with Crippen LogP contribution in [0.5, 0.6) is 0 Å². The fourth-order valence-corrected chi connectivity index (χ4v) is 3.57. The molecule has 1 saturated heterocycles. The van der Waals surface area contributed by atoms with Crippen molar-refractivity contribution in [1.82, 2.24) is 14.7 Å². The first-order valence-electron chi connectivity index (χ1n) is 9.50. The summed E-state index contributed by atoms with van der Waals surface area (Å²) in [5.41, 5.74) is 1.35. The highest BCUT2D eigenvalue weighted by molar-refractivity contribution is 5.92. The second-order valence-electron chi connectivity index (χ2n) is 7.07. The van der Waals surface area contributed by atoms with Crippen molar-refractivity contribution in [2.24, 2.45) is 0 Å². The molecule has 1 fully saturated rings. The van der Waals surface area contributed by atoms with Crippen LogP contribution in [-0.2, 0) is 0 Å². The van der Waals surface area contributed by atoms with E-state index in [4.69, 9.17) is 0 Å². The van der Waals surface area contributed by atoms with E-state index in [0.29, 0.717) is 18.8 Å². The molecule has 1 aromatic heterocycles. The lowest BCUT2D eigenvalue weighted by atomic mass is 10.1. The van der Waals surface area contributed by atoms with E-state index in [9.17, 15) is 14.0 Å². The Morgan fingerprint density at radius 3 is 2.38 bits per heavy atom. The van der Waals surface area contributed by atoms with E-state index in [1.165, 1.54) is 36.4 Å². The molecule has 1 amide bonds. The zero-order valence-electron chi connectivity index (χ0n) is 16.0. The van der Waals surface area contributed by atoms with Crippen LogP contribution in [0.1, 0.15) is 17.4 Å². The van der Waals surface area contributed by atoms with Gasteiger partial charge in [-0.1, -0.05) is 18.2 Å². The van der Waals surface area contributed by atoms with E-state index < -0.39 is 5.82 Å². The van der Waals surface area contributed by atoms with Crippen LogP contribution in [0.4, 0.5) is 10.1 Å². The highest BCUT2D eigenvalue weighted by Crippen LogP contribution is 2.20. The highest BCUT2D eigenvalue weighted by atomic mass is 19.1. The fourth-order valence-electron chi connectivity index (χ4n) is 3.57. The molecule has 0 N–H and O–H groups in total. The largest absolute Gasteiger partial charge is 0.368 e. The Labute approximate surface area is 167 Å².